The van der Waals surface area contributed by atoms with Crippen LogP contribution in [0.1, 0.15) is 36.6 Å². The molecular formula is C16H26N2O2S. The summed E-state index contributed by atoms with van der Waals surface area (Å²) in [4.78, 5) is 15.5. The molecule has 1 aliphatic rings. The normalized spacial score (nSPS) is 14.2. The summed E-state index contributed by atoms with van der Waals surface area (Å²) >= 11 is 1.80. The third kappa shape index (κ3) is 5.41. The molecule has 0 unspecified atom stereocenters. The minimum absolute atomic E-state index is 0.207. The molecule has 0 bridgehead atoms. The molecule has 4 nitrogen and oxygen atoms in total. The molecule has 2 rings (SSSR count). The molecule has 118 valence electrons. The lowest BCUT2D eigenvalue weighted by Crippen LogP contribution is -2.41. The Morgan fingerprint density at radius 1 is 1.43 bits per heavy atom. The van der Waals surface area contributed by atoms with Gasteiger partial charge in [0.2, 0.25) is 5.91 Å². The van der Waals surface area contributed by atoms with E-state index in [1.807, 2.05) is 4.90 Å². The largest absolute Gasteiger partial charge is 0.381 e. The van der Waals surface area contributed by atoms with E-state index in [1.165, 1.54) is 16.9 Å². The van der Waals surface area contributed by atoms with Crippen molar-refractivity contribution in [3.8, 4) is 0 Å². The molecule has 0 radical (unpaired) electrons. The van der Waals surface area contributed by atoms with E-state index >= 15 is 0 Å². The third-order valence-corrected chi connectivity index (χ3v) is 4.74. The molecule has 0 fully saturated rings. The summed E-state index contributed by atoms with van der Waals surface area (Å²) in [7, 11) is 0. The fourth-order valence-corrected chi connectivity index (χ4v) is 3.31. The predicted octanol–water partition coefficient (Wildman–Crippen LogP) is 2.43. The lowest BCUT2D eigenvalue weighted by Gasteiger charge is -2.27. The summed E-state index contributed by atoms with van der Waals surface area (Å²) in [5.41, 5.74) is 1.32. The average molecular weight is 310 g/mol. The molecular weight excluding hydrogens is 284 g/mol. The van der Waals surface area contributed by atoms with Crippen molar-refractivity contribution in [3.63, 3.8) is 0 Å². The van der Waals surface area contributed by atoms with Crippen LogP contribution in [0, 0.1) is 0 Å². The Labute approximate surface area is 131 Å². The van der Waals surface area contributed by atoms with Crippen molar-refractivity contribution in [1.82, 2.24) is 10.2 Å². The van der Waals surface area contributed by atoms with Gasteiger partial charge in [-0.25, -0.2) is 0 Å². The number of hydrogen-bond donors (Lipinski definition) is 1. The molecule has 1 N–H and O–H groups in total. The van der Waals surface area contributed by atoms with E-state index in [1.54, 1.807) is 11.3 Å². The van der Waals surface area contributed by atoms with Crippen LogP contribution < -0.4 is 5.32 Å². The number of fused-ring (bicyclic) bond motifs is 1. The van der Waals surface area contributed by atoms with Crippen LogP contribution in [0.4, 0.5) is 0 Å². The van der Waals surface area contributed by atoms with Gasteiger partial charge in [0.25, 0.3) is 0 Å². The lowest BCUT2D eigenvalue weighted by atomic mass is 10.1. The molecule has 0 spiro atoms. The third-order valence-electron chi connectivity index (χ3n) is 3.72. The highest BCUT2D eigenvalue weighted by Crippen LogP contribution is 2.23. The molecule has 0 atom stereocenters. The molecule has 0 saturated carbocycles. The maximum Gasteiger partial charge on any atom is 0.236 e. The fourth-order valence-electron chi connectivity index (χ4n) is 2.42. The first-order valence-electron chi connectivity index (χ1n) is 7.92. The van der Waals surface area contributed by atoms with Crippen molar-refractivity contribution in [2.45, 2.75) is 39.2 Å². The average Bonchev–Trinajstić information content (AvgIpc) is 2.97. The number of ether oxygens (including phenoxy) is 1. The zero-order chi connectivity index (χ0) is 14.9. The van der Waals surface area contributed by atoms with E-state index in [2.05, 4.69) is 23.7 Å². The Balaban J connectivity index is 1.54. The van der Waals surface area contributed by atoms with Crippen LogP contribution in [-0.2, 0) is 22.5 Å². The number of unbranched alkanes of at least 4 members (excludes halogenated alkanes) is 1. The van der Waals surface area contributed by atoms with E-state index in [0.29, 0.717) is 6.54 Å². The molecule has 1 aliphatic heterocycles. The number of rotatable bonds is 9. The molecule has 1 aromatic heterocycles. The van der Waals surface area contributed by atoms with Crippen molar-refractivity contribution in [1.29, 1.82) is 0 Å². The molecule has 21 heavy (non-hydrogen) atoms. The van der Waals surface area contributed by atoms with Gasteiger partial charge in [-0.1, -0.05) is 13.3 Å². The van der Waals surface area contributed by atoms with Crippen molar-refractivity contribution in [3.05, 3.63) is 21.9 Å². The topological polar surface area (TPSA) is 41.6 Å². The van der Waals surface area contributed by atoms with E-state index in [4.69, 9.17) is 4.74 Å². The Hall–Kier alpha value is -0.910. The van der Waals surface area contributed by atoms with Crippen LogP contribution in [0.25, 0.3) is 0 Å². The van der Waals surface area contributed by atoms with Gasteiger partial charge in [0, 0.05) is 31.2 Å². The van der Waals surface area contributed by atoms with Crippen molar-refractivity contribution >= 4 is 17.2 Å². The van der Waals surface area contributed by atoms with Gasteiger partial charge in [-0.3, -0.25) is 4.79 Å². The van der Waals surface area contributed by atoms with Gasteiger partial charge in [-0.2, -0.15) is 0 Å². The molecule has 5 heteroatoms. The number of carbonyl (C=O) groups is 1. The van der Waals surface area contributed by atoms with Crippen LogP contribution in [0.3, 0.4) is 0 Å². The molecule has 2 heterocycles. The summed E-state index contributed by atoms with van der Waals surface area (Å²) in [5.74, 6) is 0.207. The summed E-state index contributed by atoms with van der Waals surface area (Å²) in [5, 5.41) is 5.34. The number of nitrogens with zero attached hydrogens (tertiary/aromatic N) is 1. The number of carbonyl (C=O) groups excluding carboxylic acids is 1. The second-order valence-electron chi connectivity index (χ2n) is 5.43. The maximum atomic E-state index is 12.1. The first-order valence-corrected chi connectivity index (χ1v) is 8.80. The van der Waals surface area contributed by atoms with Gasteiger partial charge in [0.15, 0.2) is 0 Å². The highest BCUT2D eigenvalue weighted by Gasteiger charge is 2.20. The van der Waals surface area contributed by atoms with E-state index in [0.717, 1.165) is 52.1 Å². The zero-order valence-electron chi connectivity index (χ0n) is 12.9. The first kappa shape index (κ1) is 16.5. The van der Waals surface area contributed by atoms with Gasteiger partial charge < -0.3 is 15.0 Å². The fraction of sp³-hybridized carbons (Fsp3) is 0.688. The smallest absolute Gasteiger partial charge is 0.236 e. The van der Waals surface area contributed by atoms with Gasteiger partial charge in [0.1, 0.15) is 0 Å². The van der Waals surface area contributed by atoms with Gasteiger partial charge in [0.05, 0.1) is 6.54 Å². The van der Waals surface area contributed by atoms with Gasteiger partial charge in [-0.15, -0.1) is 11.3 Å². The first-order chi connectivity index (χ1) is 10.3. The molecule has 1 amide bonds. The Bertz CT molecular complexity index is 434. The highest BCUT2D eigenvalue weighted by molar-refractivity contribution is 7.10. The quantitative estimate of drug-likeness (QED) is 0.712. The zero-order valence-corrected chi connectivity index (χ0v) is 13.7. The van der Waals surface area contributed by atoms with Crippen LogP contribution in [0.15, 0.2) is 11.4 Å². The Kier molecular flexibility index (Phi) is 7.19. The van der Waals surface area contributed by atoms with E-state index < -0.39 is 0 Å². The summed E-state index contributed by atoms with van der Waals surface area (Å²) < 4.78 is 5.49. The summed E-state index contributed by atoms with van der Waals surface area (Å²) in [6, 6.07) is 2.14. The van der Waals surface area contributed by atoms with E-state index in [-0.39, 0.29) is 5.91 Å². The standard InChI is InChI=1S/C16H26N2O2S/c1-2-3-9-20-10-4-7-17-12-16(19)18-8-5-15-14(13-18)6-11-21-15/h6,11,17H,2-5,7-10,12-13H2,1H3. The molecule has 0 aliphatic carbocycles. The summed E-state index contributed by atoms with van der Waals surface area (Å²) in [6.07, 6.45) is 4.27. The number of hydrogen-bond acceptors (Lipinski definition) is 4. The van der Waals surface area contributed by atoms with Crippen LogP contribution in [0.5, 0.6) is 0 Å². The second-order valence-corrected chi connectivity index (χ2v) is 6.43. The summed E-state index contributed by atoms with van der Waals surface area (Å²) in [6.45, 7) is 6.71. The highest BCUT2D eigenvalue weighted by atomic mass is 32.1. The van der Waals surface area contributed by atoms with Crippen LogP contribution in [-0.4, -0.2) is 43.7 Å². The SMILES string of the molecule is CCCCOCCCNCC(=O)N1CCc2sccc2C1. The number of amides is 1. The molecule has 1 aromatic rings. The van der Waals surface area contributed by atoms with Crippen molar-refractivity contribution in [2.24, 2.45) is 0 Å². The Morgan fingerprint density at radius 2 is 2.29 bits per heavy atom. The van der Waals surface area contributed by atoms with Crippen LogP contribution in [0.2, 0.25) is 0 Å². The monoisotopic (exact) mass is 310 g/mol. The lowest BCUT2D eigenvalue weighted by molar-refractivity contribution is -0.131. The van der Waals surface area contributed by atoms with E-state index in [9.17, 15) is 4.79 Å². The minimum atomic E-state index is 0.207. The van der Waals surface area contributed by atoms with Crippen LogP contribution >= 0.6 is 11.3 Å². The van der Waals surface area contributed by atoms with Crippen molar-refractivity contribution in [2.75, 3.05) is 32.8 Å². The van der Waals surface area contributed by atoms with Gasteiger partial charge >= 0.3 is 0 Å². The second kappa shape index (κ2) is 9.18. The number of nitrogens with one attached hydrogen (secondary N) is 1. The number of thiophene rings is 1. The molecule has 0 saturated heterocycles. The predicted molar refractivity (Wildman–Crippen MR) is 86.7 cm³/mol. The molecule has 0 aromatic carbocycles. The van der Waals surface area contributed by atoms with Gasteiger partial charge in [-0.05, 0) is 42.8 Å². The minimum Gasteiger partial charge on any atom is -0.381 e. The van der Waals surface area contributed by atoms with Crippen molar-refractivity contribution < 1.29 is 9.53 Å². The Morgan fingerprint density at radius 3 is 3.14 bits per heavy atom. The maximum absolute atomic E-state index is 12.1.